The Morgan fingerprint density at radius 1 is 1.56 bits per heavy atom. The lowest BCUT2D eigenvalue weighted by Crippen LogP contribution is -2.44. The lowest BCUT2D eigenvalue weighted by atomic mass is 9.85. The number of aliphatic hydroxyl groups excluding tert-OH is 1. The highest BCUT2D eigenvalue weighted by Gasteiger charge is 2.37. The Hall–Kier alpha value is -1.60. The lowest BCUT2D eigenvalue weighted by Gasteiger charge is -2.33. The Labute approximate surface area is 105 Å². The molecule has 0 saturated carbocycles. The minimum atomic E-state index is -1.34. The van der Waals surface area contributed by atoms with Gasteiger partial charge in [-0.25, -0.2) is 0 Å². The Bertz CT molecular complexity index is 391. The van der Waals surface area contributed by atoms with Crippen LogP contribution in [0.3, 0.4) is 0 Å². The molecule has 1 aliphatic carbocycles. The standard InChI is InChI=1S/C11H18N2O5/c1-12-7-3-11(17,6-14)4-8(10(7)18-2)13-5-9(15)16/h13-14,17H,3-6H2,1-2H3,(H,15,16)/t11-/m1/s1. The van der Waals surface area contributed by atoms with Crippen molar-refractivity contribution in [2.45, 2.75) is 18.4 Å². The first-order chi connectivity index (χ1) is 8.45. The van der Waals surface area contributed by atoms with Crippen molar-refractivity contribution in [3.8, 4) is 0 Å². The summed E-state index contributed by atoms with van der Waals surface area (Å²) in [7, 11) is 3.00. The first kappa shape index (κ1) is 14.5. The van der Waals surface area contributed by atoms with Gasteiger partial charge < -0.3 is 25.4 Å². The van der Waals surface area contributed by atoms with Gasteiger partial charge in [0.05, 0.1) is 30.7 Å². The van der Waals surface area contributed by atoms with Crippen LogP contribution in [0.5, 0.6) is 0 Å². The van der Waals surface area contributed by atoms with E-state index in [1.165, 1.54) is 7.11 Å². The number of aliphatic hydroxyl groups is 2. The third-order valence-electron chi connectivity index (χ3n) is 2.76. The fourth-order valence-corrected chi connectivity index (χ4v) is 1.90. The van der Waals surface area contributed by atoms with Gasteiger partial charge in [0.2, 0.25) is 0 Å². The van der Waals surface area contributed by atoms with E-state index in [1.54, 1.807) is 7.05 Å². The number of carboxylic acid groups (broad SMARTS) is 1. The van der Waals surface area contributed by atoms with Crippen molar-refractivity contribution in [2.24, 2.45) is 4.99 Å². The summed E-state index contributed by atoms with van der Waals surface area (Å²) < 4.78 is 5.18. The molecule has 1 aliphatic rings. The first-order valence-electron chi connectivity index (χ1n) is 5.48. The summed E-state index contributed by atoms with van der Waals surface area (Å²) >= 11 is 0. The maximum Gasteiger partial charge on any atom is 0.322 e. The van der Waals surface area contributed by atoms with Gasteiger partial charge in [-0.1, -0.05) is 0 Å². The molecule has 0 unspecified atom stereocenters. The summed E-state index contributed by atoms with van der Waals surface area (Å²) in [5, 5.41) is 30.7. The van der Waals surface area contributed by atoms with Crippen molar-refractivity contribution in [2.75, 3.05) is 27.3 Å². The number of nitrogens with one attached hydrogen (secondary N) is 1. The summed E-state index contributed by atoms with van der Waals surface area (Å²) in [6, 6.07) is 0. The Balaban J connectivity index is 3.03. The van der Waals surface area contributed by atoms with E-state index in [9.17, 15) is 15.0 Å². The largest absolute Gasteiger partial charge is 0.493 e. The van der Waals surface area contributed by atoms with Gasteiger partial charge >= 0.3 is 5.97 Å². The van der Waals surface area contributed by atoms with E-state index in [2.05, 4.69) is 10.3 Å². The minimum Gasteiger partial charge on any atom is -0.493 e. The third kappa shape index (κ3) is 3.21. The molecule has 18 heavy (non-hydrogen) atoms. The molecule has 0 amide bonds. The molecule has 0 aromatic heterocycles. The van der Waals surface area contributed by atoms with Crippen LogP contribution in [0.15, 0.2) is 16.4 Å². The molecule has 0 bridgehead atoms. The van der Waals surface area contributed by atoms with E-state index in [0.717, 1.165) is 0 Å². The maximum absolute atomic E-state index is 10.6. The molecule has 0 radical (unpaired) electrons. The highest BCUT2D eigenvalue weighted by Crippen LogP contribution is 2.30. The molecule has 1 rings (SSSR count). The van der Waals surface area contributed by atoms with Crippen LogP contribution in [-0.2, 0) is 9.53 Å². The first-order valence-corrected chi connectivity index (χ1v) is 5.48. The predicted molar refractivity (Wildman–Crippen MR) is 64.3 cm³/mol. The second-order valence-electron chi connectivity index (χ2n) is 4.17. The minimum absolute atomic E-state index is 0.0962. The van der Waals surface area contributed by atoms with Crippen LogP contribution < -0.4 is 5.32 Å². The number of hydrogen-bond acceptors (Lipinski definition) is 6. The molecular formula is C11H18N2O5. The van der Waals surface area contributed by atoms with Gasteiger partial charge in [0.15, 0.2) is 5.76 Å². The van der Waals surface area contributed by atoms with Crippen LogP contribution in [0.25, 0.3) is 0 Å². The number of hydrogen-bond donors (Lipinski definition) is 4. The number of aliphatic carboxylic acids is 1. The van der Waals surface area contributed by atoms with E-state index >= 15 is 0 Å². The summed E-state index contributed by atoms with van der Waals surface area (Å²) in [6.45, 7) is -0.720. The van der Waals surface area contributed by atoms with Gasteiger partial charge in [0.1, 0.15) is 6.54 Å². The number of nitrogens with zero attached hydrogens (tertiary/aromatic N) is 1. The SMILES string of the molecule is CN=C1C[C@](O)(CO)CC(NCC(=O)O)=C1OC. The number of carbonyl (C=O) groups is 1. The van der Waals surface area contributed by atoms with Crippen LogP contribution >= 0.6 is 0 Å². The molecule has 0 aromatic rings. The molecule has 0 aromatic carbocycles. The van der Waals surface area contributed by atoms with E-state index < -0.39 is 18.2 Å². The van der Waals surface area contributed by atoms with Crippen molar-refractivity contribution in [3.63, 3.8) is 0 Å². The third-order valence-corrected chi connectivity index (χ3v) is 2.76. The maximum atomic E-state index is 10.6. The summed E-state index contributed by atoms with van der Waals surface area (Å²) in [6.07, 6.45) is 0.264. The van der Waals surface area contributed by atoms with Crippen molar-refractivity contribution in [1.82, 2.24) is 5.32 Å². The van der Waals surface area contributed by atoms with Crippen molar-refractivity contribution >= 4 is 11.7 Å². The zero-order valence-corrected chi connectivity index (χ0v) is 10.4. The fourth-order valence-electron chi connectivity index (χ4n) is 1.90. The number of carboxylic acids is 1. The quantitative estimate of drug-likeness (QED) is 0.509. The van der Waals surface area contributed by atoms with Gasteiger partial charge in [-0.3, -0.25) is 9.79 Å². The zero-order chi connectivity index (χ0) is 13.8. The Morgan fingerprint density at radius 2 is 2.22 bits per heavy atom. The van der Waals surface area contributed by atoms with Crippen molar-refractivity contribution < 1.29 is 24.9 Å². The van der Waals surface area contributed by atoms with Crippen LogP contribution in [-0.4, -0.2) is 59.9 Å². The van der Waals surface area contributed by atoms with Gasteiger partial charge in [-0.2, -0.15) is 0 Å². The molecular weight excluding hydrogens is 240 g/mol. The molecule has 0 spiro atoms. The van der Waals surface area contributed by atoms with Crippen molar-refractivity contribution in [3.05, 3.63) is 11.5 Å². The van der Waals surface area contributed by atoms with E-state index in [0.29, 0.717) is 17.2 Å². The van der Waals surface area contributed by atoms with Crippen LogP contribution in [0.2, 0.25) is 0 Å². The second-order valence-corrected chi connectivity index (χ2v) is 4.17. The van der Waals surface area contributed by atoms with Gasteiger partial charge in [-0.15, -0.1) is 0 Å². The van der Waals surface area contributed by atoms with E-state index in [1.807, 2.05) is 0 Å². The summed E-state index contributed by atoms with van der Waals surface area (Å²) in [5.41, 5.74) is -0.408. The molecule has 0 fully saturated rings. The average molecular weight is 258 g/mol. The van der Waals surface area contributed by atoms with Gasteiger partial charge in [-0.05, 0) is 0 Å². The summed E-state index contributed by atoms with van der Waals surface area (Å²) in [4.78, 5) is 14.5. The van der Waals surface area contributed by atoms with Crippen LogP contribution in [0.1, 0.15) is 12.8 Å². The molecule has 0 saturated heterocycles. The molecule has 4 N–H and O–H groups in total. The van der Waals surface area contributed by atoms with Crippen LogP contribution in [0, 0.1) is 0 Å². The molecule has 0 heterocycles. The average Bonchev–Trinajstić information content (AvgIpc) is 2.35. The van der Waals surface area contributed by atoms with Gasteiger partial charge in [0.25, 0.3) is 0 Å². The van der Waals surface area contributed by atoms with Crippen molar-refractivity contribution in [1.29, 1.82) is 0 Å². The second kappa shape index (κ2) is 5.83. The number of ether oxygens (including phenoxy) is 1. The number of methoxy groups -OCH3 is 1. The molecule has 1 atom stereocenters. The van der Waals surface area contributed by atoms with Gasteiger partial charge in [0, 0.05) is 19.9 Å². The van der Waals surface area contributed by atoms with Crippen LogP contribution in [0.4, 0.5) is 0 Å². The lowest BCUT2D eigenvalue weighted by molar-refractivity contribution is -0.135. The topological polar surface area (TPSA) is 111 Å². The monoisotopic (exact) mass is 258 g/mol. The van der Waals surface area contributed by atoms with E-state index in [-0.39, 0.29) is 19.4 Å². The predicted octanol–water partition coefficient (Wildman–Crippen LogP) is -0.893. The number of allylic oxidation sites excluding steroid dienone is 1. The Kier molecular flexibility index (Phi) is 4.69. The zero-order valence-electron chi connectivity index (χ0n) is 10.4. The Morgan fingerprint density at radius 3 is 2.67 bits per heavy atom. The highest BCUT2D eigenvalue weighted by molar-refractivity contribution is 6.00. The fraction of sp³-hybridized carbons (Fsp3) is 0.636. The highest BCUT2D eigenvalue weighted by atomic mass is 16.5. The molecule has 102 valence electrons. The molecule has 7 nitrogen and oxygen atoms in total. The smallest absolute Gasteiger partial charge is 0.322 e. The molecule has 0 aliphatic heterocycles. The number of aliphatic imine (C=N–C) groups is 1. The van der Waals surface area contributed by atoms with E-state index in [4.69, 9.17) is 9.84 Å². The summed E-state index contributed by atoms with van der Waals surface area (Å²) in [5.74, 6) is -0.595. The molecule has 7 heteroatoms. The normalized spacial score (nSPS) is 26.3. The number of rotatable bonds is 5.